The highest BCUT2D eigenvalue weighted by Crippen LogP contribution is 2.35. The van der Waals surface area contributed by atoms with Crippen molar-refractivity contribution in [3.05, 3.63) is 57.6 Å². The summed E-state index contributed by atoms with van der Waals surface area (Å²) in [6.45, 7) is 5.76. The molecule has 1 amide bonds. The molecule has 0 N–H and O–H groups in total. The van der Waals surface area contributed by atoms with Crippen molar-refractivity contribution in [3.8, 4) is 5.88 Å². The quantitative estimate of drug-likeness (QED) is 0.737. The van der Waals surface area contributed by atoms with E-state index in [1.165, 1.54) is 0 Å². The van der Waals surface area contributed by atoms with Crippen LogP contribution in [-0.4, -0.2) is 71.8 Å². The van der Waals surface area contributed by atoms with E-state index in [0.717, 1.165) is 44.0 Å². The number of hydrogen-bond donors (Lipinski definition) is 0. The molecule has 2 fully saturated rings. The van der Waals surface area contributed by atoms with Gasteiger partial charge in [0.2, 0.25) is 5.88 Å². The molecule has 0 aromatic carbocycles. The third kappa shape index (κ3) is 3.97. The second-order valence-corrected chi connectivity index (χ2v) is 8.66. The van der Waals surface area contributed by atoms with Gasteiger partial charge in [0.05, 0.1) is 20.3 Å². The molecular weight excluding hydrogens is 396 g/mol. The van der Waals surface area contributed by atoms with Crippen LogP contribution >= 0.6 is 0 Å². The van der Waals surface area contributed by atoms with Gasteiger partial charge in [-0.3, -0.25) is 14.5 Å². The van der Waals surface area contributed by atoms with E-state index in [0.29, 0.717) is 37.8 Å². The average molecular weight is 425 g/mol. The monoisotopic (exact) mass is 424 g/mol. The predicted molar refractivity (Wildman–Crippen MR) is 114 cm³/mol. The first-order chi connectivity index (χ1) is 15.1. The lowest BCUT2D eigenvalue weighted by Gasteiger charge is -2.42. The molecule has 0 aliphatic carbocycles. The number of fused-ring (bicyclic) bond motifs is 4. The number of rotatable bonds is 4. The Morgan fingerprint density at radius 2 is 2.00 bits per heavy atom. The number of piperidine rings is 1. The maximum absolute atomic E-state index is 13.2. The summed E-state index contributed by atoms with van der Waals surface area (Å²) in [4.78, 5) is 34.8. The first-order valence-electron chi connectivity index (χ1n) is 11.0. The van der Waals surface area contributed by atoms with Crippen molar-refractivity contribution in [1.29, 1.82) is 0 Å². The number of likely N-dealkylation sites (tertiary alicyclic amines) is 1. The highest BCUT2D eigenvalue weighted by molar-refractivity contribution is 5.92. The molecule has 2 atom stereocenters. The van der Waals surface area contributed by atoms with Crippen LogP contribution in [0.15, 0.2) is 35.1 Å². The van der Waals surface area contributed by atoms with Crippen molar-refractivity contribution in [1.82, 2.24) is 19.4 Å². The maximum atomic E-state index is 13.2. The van der Waals surface area contributed by atoms with Gasteiger partial charge in [0.1, 0.15) is 5.69 Å². The molecule has 31 heavy (non-hydrogen) atoms. The van der Waals surface area contributed by atoms with Gasteiger partial charge in [0.15, 0.2) is 0 Å². The average Bonchev–Trinajstić information content (AvgIpc) is 2.81. The van der Waals surface area contributed by atoms with Gasteiger partial charge in [-0.2, -0.15) is 0 Å². The molecule has 0 radical (unpaired) electrons. The van der Waals surface area contributed by atoms with Crippen molar-refractivity contribution in [2.45, 2.75) is 25.4 Å². The number of methoxy groups -OCH3 is 1. The highest BCUT2D eigenvalue weighted by atomic mass is 16.5. The van der Waals surface area contributed by atoms with Crippen LogP contribution in [0.3, 0.4) is 0 Å². The van der Waals surface area contributed by atoms with Gasteiger partial charge in [-0.1, -0.05) is 12.1 Å². The lowest BCUT2D eigenvalue weighted by molar-refractivity contribution is 0.0338. The summed E-state index contributed by atoms with van der Waals surface area (Å²) >= 11 is 0. The summed E-state index contributed by atoms with van der Waals surface area (Å²) < 4.78 is 12.5. The summed E-state index contributed by atoms with van der Waals surface area (Å²) in [5, 5.41) is 0. The largest absolute Gasteiger partial charge is 0.481 e. The molecule has 3 aliphatic heterocycles. The van der Waals surface area contributed by atoms with Crippen LogP contribution < -0.4 is 10.3 Å². The minimum Gasteiger partial charge on any atom is -0.481 e. The third-order valence-electron chi connectivity index (χ3n) is 6.62. The van der Waals surface area contributed by atoms with Crippen molar-refractivity contribution in [2.24, 2.45) is 5.92 Å². The highest BCUT2D eigenvalue weighted by Gasteiger charge is 2.37. The number of nitrogens with zero attached hydrogens (tertiary/aromatic N) is 4. The molecule has 0 spiro atoms. The van der Waals surface area contributed by atoms with Crippen LogP contribution in [0.25, 0.3) is 0 Å². The fourth-order valence-electron chi connectivity index (χ4n) is 5.09. The zero-order valence-corrected chi connectivity index (χ0v) is 17.8. The molecule has 3 aliphatic rings. The molecule has 5 heterocycles. The normalized spacial score (nSPS) is 23.3. The molecular formula is C23H28N4O4. The predicted octanol–water partition coefficient (Wildman–Crippen LogP) is 1.34. The molecule has 164 valence electrons. The summed E-state index contributed by atoms with van der Waals surface area (Å²) in [6.07, 6.45) is 1.01. The fourth-order valence-corrected chi connectivity index (χ4v) is 5.09. The summed E-state index contributed by atoms with van der Waals surface area (Å²) in [7, 11) is 1.55. The second-order valence-electron chi connectivity index (χ2n) is 8.66. The van der Waals surface area contributed by atoms with Gasteiger partial charge >= 0.3 is 0 Å². The molecule has 8 nitrogen and oxygen atoms in total. The van der Waals surface area contributed by atoms with Crippen molar-refractivity contribution in [3.63, 3.8) is 0 Å². The molecule has 2 bridgehead atoms. The first-order valence-corrected chi connectivity index (χ1v) is 11.0. The summed E-state index contributed by atoms with van der Waals surface area (Å²) in [6, 6.07) is 9.32. The van der Waals surface area contributed by atoms with Gasteiger partial charge in [0, 0.05) is 62.5 Å². The SMILES string of the molecule is COc1cccc(C(=O)N2C[C@@H]3C[C@H](C2)c2ccc(CN4CCOCC4)c(=O)n2C3)n1. The second kappa shape index (κ2) is 8.43. The number of amides is 1. The Balaban J connectivity index is 1.36. The number of carbonyl (C=O) groups is 1. The number of hydrogen-bond acceptors (Lipinski definition) is 6. The minimum atomic E-state index is -0.0756. The van der Waals surface area contributed by atoms with E-state index in [1.54, 1.807) is 25.3 Å². The number of morpholine rings is 1. The number of pyridine rings is 2. The molecule has 5 rings (SSSR count). The Labute approximate surface area is 181 Å². The van der Waals surface area contributed by atoms with Gasteiger partial charge in [-0.25, -0.2) is 4.98 Å². The van der Waals surface area contributed by atoms with Crippen LogP contribution in [0, 0.1) is 5.92 Å². The van der Waals surface area contributed by atoms with Crippen LogP contribution in [-0.2, 0) is 17.8 Å². The maximum Gasteiger partial charge on any atom is 0.272 e. The van der Waals surface area contributed by atoms with Crippen molar-refractivity contribution < 1.29 is 14.3 Å². The number of aromatic nitrogens is 2. The molecule has 8 heteroatoms. The van der Waals surface area contributed by atoms with Crippen LogP contribution in [0.2, 0.25) is 0 Å². The van der Waals surface area contributed by atoms with E-state index in [-0.39, 0.29) is 23.3 Å². The molecule has 0 saturated carbocycles. The number of carbonyl (C=O) groups excluding carboxylic acids is 1. The van der Waals surface area contributed by atoms with E-state index in [9.17, 15) is 9.59 Å². The molecule has 2 saturated heterocycles. The first kappa shape index (κ1) is 20.2. The summed E-state index contributed by atoms with van der Waals surface area (Å²) in [5.41, 5.74) is 2.41. The van der Waals surface area contributed by atoms with Gasteiger partial charge in [-0.05, 0) is 24.5 Å². The van der Waals surface area contributed by atoms with Crippen molar-refractivity contribution >= 4 is 5.91 Å². The summed E-state index contributed by atoms with van der Waals surface area (Å²) in [5.74, 6) is 0.811. The standard InChI is InChI=1S/C23H28N4O4/c1-30-21-4-2-3-19(24-21)23(29)26-12-16-11-18(15-26)20-6-5-17(22(28)27(20)13-16)14-25-7-9-31-10-8-25/h2-6,16,18H,7-15H2,1H3/t16-,18+/m0/s1. The fraction of sp³-hybridized carbons (Fsp3) is 0.522. The molecule has 0 unspecified atom stereocenters. The van der Waals surface area contributed by atoms with Crippen LogP contribution in [0.5, 0.6) is 5.88 Å². The Morgan fingerprint density at radius 1 is 1.16 bits per heavy atom. The Morgan fingerprint density at radius 3 is 2.81 bits per heavy atom. The lowest BCUT2D eigenvalue weighted by Crippen LogP contribution is -2.49. The van der Waals surface area contributed by atoms with Crippen LogP contribution in [0.4, 0.5) is 0 Å². The van der Waals surface area contributed by atoms with E-state index in [4.69, 9.17) is 9.47 Å². The number of ether oxygens (including phenoxy) is 2. The Kier molecular flexibility index (Phi) is 5.50. The van der Waals surface area contributed by atoms with E-state index < -0.39 is 0 Å². The molecule has 2 aromatic heterocycles. The van der Waals surface area contributed by atoms with Gasteiger partial charge in [-0.15, -0.1) is 0 Å². The zero-order chi connectivity index (χ0) is 21.4. The van der Waals surface area contributed by atoms with E-state index in [1.807, 2.05) is 15.5 Å². The van der Waals surface area contributed by atoms with E-state index >= 15 is 0 Å². The van der Waals surface area contributed by atoms with E-state index in [2.05, 4.69) is 16.0 Å². The molecule has 2 aromatic rings. The Bertz CT molecular complexity index is 1030. The zero-order valence-electron chi connectivity index (χ0n) is 17.8. The van der Waals surface area contributed by atoms with Crippen molar-refractivity contribution in [2.75, 3.05) is 46.5 Å². The Hall–Kier alpha value is -2.71. The lowest BCUT2D eigenvalue weighted by atomic mass is 9.83. The van der Waals surface area contributed by atoms with Crippen LogP contribution in [0.1, 0.15) is 34.1 Å². The topological polar surface area (TPSA) is 76.9 Å². The third-order valence-corrected chi connectivity index (χ3v) is 6.62. The minimum absolute atomic E-state index is 0.0756. The smallest absolute Gasteiger partial charge is 0.272 e. The van der Waals surface area contributed by atoms with Gasteiger partial charge < -0.3 is 18.9 Å². The van der Waals surface area contributed by atoms with Gasteiger partial charge in [0.25, 0.3) is 11.5 Å².